The Kier molecular flexibility index (Phi) is 6.19. The number of likely N-dealkylation sites (tertiary alicyclic amines) is 1. The average Bonchev–Trinajstić information content (AvgIpc) is 2.97. The van der Waals surface area contributed by atoms with Crippen molar-refractivity contribution in [1.29, 1.82) is 0 Å². The van der Waals surface area contributed by atoms with Gasteiger partial charge < -0.3 is 10.2 Å². The van der Waals surface area contributed by atoms with Gasteiger partial charge in [0.05, 0.1) is 6.42 Å². The molecular formula is C21H27F2N3O3. The third-order valence-electron chi connectivity index (χ3n) is 6.02. The molecule has 2 fully saturated rings. The first-order valence-electron chi connectivity index (χ1n) is 10.1. The molecule has 4 amide bonds. The number of halogens is 2. The summed E-state index contributed by atoms with van der Waals surface area (Å²) in [6.45, 7) is 4.88. The Morgan fingerprint density at radius 3 is 2.34 bits per heavy atom. The van der Waals surface area contributed by atoms with Crippen LogP contribution < -0.4 is 10.6 Å². The standard InChI is InChI=1S/C21H27F2N3O3/c1-13(2)6-9-21(19(28)24-20(29)25-21)14-7-10-26(11-8-14)18(27)12-15-16(22)4-3-5-17(15)23/h3-5,13-14H,6-12H2,1-2H3,(H2,24,25,28,29). The summed E-state index contributed by atoms with van der Waals surface area (Å²) in [4.78, 5) is 38.5. The highest BCUT2D eigenvalue weighted by Crippen LogP contribution is 2.35. The number of carbonyl (C=O) groups excluding carboxylic acids is 3. The molecule has 158 valence electrons. The van der Waals surface area contributed by atoms with E-state index in [2.05, 4.69) is 24.5 Å². The molecule has 1 atom stereocenters. The van der Waals surface area contributed by atoms with Crippen molar-refractivity contribution in [3.05, 3.63) is 35.4 Å². The van der Waals surface area contributed by atoms with E-state index in [0.717, 1.165) is 18.6 Å². The fourth-order valence-electron chi connectivity index (χ4n) is 4.28. The highest BCUT2D eigenvalue weighted by molar-refractivity contribution is 6.07. The first kappa shape index (κ1) is 21.2. The Morgan fingerprint density at radius 2 is 1.83 bits per heavy atom. The van der Waals surface area contributed by atoms with Gasteiger partial charge in [0.1, 0.15) is 17.2 Å². The molecule has 6 nitrogen and oxygen atoms in total. The summed E-state index contributed by atoms with van der Waals surface area (Å²) in [5.74, 6) is -1.82. The van der Waals surface area contributed by atoms with Crippen LogP contribution in [0.2, 0.25) is 0 Å². The second-order valence-electron chi connectivity index (χ2n) is 8.34. The van der Waals surface area contributed by atoms with E-state index in [-0.39, 0.29) is 29.7 Å². The van der Waals surface area contributed by atoms with Crippen LogP contribution in [0.15, 0.2) is 18.2 Å². The lowest BCUT2D eigenvalue weighted by molar-refractivity contribution is -0.133. The monoisotopic (exact) mass is 407 g/mol. The summed E-state index contributed by atoms with van der Waals surface area (Å²) in [5, 5.41) is 5.19. The van der Waals surface area contributed by atoms with Gasteiger partial charge in [0.2, 0.25) is 5.91 Å². The summed E-state index contributed by atoms with van der Waals surface area (Å²) in [6.07, 6.45) is 2.08. The van der Waals surface area contributed by atoms with Crippen molar-refractivity contribution in [2.24, 2.45) is 11.8 Å². The van der Waals surface area contributed by atoms with E-state index in [1.807, 2.05) is 0 Å². The maximum atomic E-state index is 13.8. The lowest BCUT2D eigenvalue weighted by Crippen LogP contribution is -2.56. The van der Waals surface area contributed by atoms with Crippen molar-refractivity contribution >= 4 is 17.8 Å². The molecule has 2 aliphatic rings. The van der Waals surface area contributed by atoms with E-state index >= 15 is 0 Å². The number of hydrogen-bond donors (Lipinski definition) is 2. The zero-order chi connectivity index (χ0) is 21.2. The van der Waals surface area contributed by atoms with Crippen molar-refractivity contribution in [2.45, 2.75) is 51.5 Å². The van der Waals surface area contributed by atoms with E-state index in [4.69, 9.17) is 0 Å². The normalized spacial score (nSPS) is 22.7. The minimum atomic E-state index is -0.950. The van der Waals surface area contributed by atoms with Gasteiger partial charge in [0, 0.05) is 18.7 Å². The SMILES string of the molecule is CC(C)CCC1(C2CCN(C(=O)Cc3c(F)cccc3F)CC2)NC(=O)NC1=O. The quantitative estimate of drug-likeness (QED) is 0.712. The summed E-state index contributed by atoms with van der Waals surface area (Å²) in [5.41, 5.74) is -1.18. The molecule has 0 spiro atoms. The van der Waals surface area contributed by atoms with Crippen molar-refractivity contribution in [1.82, 2.24) is 15.5 Å². The molecule has 2 heterocycles. The summed E-state index contributed by atoms with van der Waals surface area (Å²) in [7, 11) is 0. The summed E-state index contributed by atoms with van der Waals surface area (Å²) >= 11 is 0. The number of imide groups is 1. The van der Waals surface area contributed by atoms with Gasteiger partial charge in [-0.2, -0.15) is 0 Å². The number of benzene rings is 1. The highest BCUT2D eigenvalue weighted by Gasteiger charge is 2.52. The molecular weight excluding hydrogens is 380 g/mol. The number of hydrogen-bond acceptors (Lipinski definition) is 3. The lowest BCUT2D eigenvalue weighted by Gasteiger charge is -2.41. The topological polar surface area (TPSA) is 78.5 Å². The number of nitrogens with one attached hydrogen (secondary N) is 2. The fraction of sp³-hybridized carbons (Fsp3) is 0.571. The lowest BCUT2D eigenvalue weighted by atomic mass is 9.74. The molecule has 3 rings (SSSR count). The van der Waals surface area contributed by atoms with Crippen molar-refractivity contribution in [3.63, 3.8) is 0 Å². The van der Waals surface area contributed by atoms with Crippen molar-refractivity contribution < 1.29 is 23.2 Å². The predicted octanol–water partition coefficient (Wildman–Crippen LogP) is 2.76. The minimum absolute atomic E-state index is 0.0954. The average molecular weight is 407 g/mol. The Labute approximate surface area is 169 Å². The van der Waals surface area contributed by atoms with Gasteiger partial charge in [0.25, 0.3) is 5.91 Å². The maximum Gasteiger partial charge on any atom is 0.322 e. The summed E-state index contributed by atoms with van der Waals surface area (Å²) < 4.78 is 27.7. The van der Waals surface area contributed by atoms with Crippen LogP contribution in [0.1, 0.15) is 45.1 Å². The van der Waals surface area contributed by atoms with Gasteiger partial charge >= 0.3 is 6.03 Å². The molecule has 1 aromatic carbocycles. The number of piperidine rings is 1. The van der Waals surface area contributed by atoms with Crippen molar-refractivity contribution in [2.75, 3.05) is 13.1 Å². The van der Waals surface area contributed by atoms with Gasteiger partial charge in [0.15, 0.2) is 0 Å². The number of rotatable bonds is 6. The van der Waals surface area contributed by atoms with E-state index in [9.17, 15) is 23.2 Å². The predicted molar refractivity (Wildman–Crippen MR) is 103 cm³/mol. The largest absolute Gasteiger partial charge is 0.342 e. The second-order valence-corrected chi connectivity index (χ2v) is 8.34. The van der Waals surface area contributed by atoms with Gasteiger partial charge in [-0.3, -0.25) is 14.9 Å². The Bertz CT molecular complexity index is 786. The number of urea groups is 1. The Hall–Kier alpha value is -2.51. The molecule has 1 aromatic rings. The van der Waals surface area contributed by atoms with E-state index in [1.54, 1.807) is 4.90 Å². The van der Waals surface area contributed by atoms with Crippen LogP contribution >= 0.6 is 0 Å². The number of amides is 4. The minimum Gasteiger partial charge on any atom is -0.342 e. The van der Waals surface area contributed by atoms with Gasteiger partial charge in [-0.05, 0) is 49.7 Å². The Balaban J connectivity index is 1.66. The van der Waals surface area contributed by atoms with Crippen LogP contribution in [0.5, 0.6) is 0 Å². The second kappa shape index (κ2) is 8.47. The van der Waals surface area contributed by atoms with Crippen LogP contribution in [0.4, 0.5) is 13.6 Å². The van der Waals surface area contributed by atoms with Gasteiger partial charge in [-0.25, -0.2) is 13.6 Å². The van der Waals surface area contributed by atoms with Crippen LogP contribution in [-0.2, 0) is 16.0 Å². The Morgan fingerprint density at radius 1 is 1.21 bits per heavy atom. The molecule has 0 bridgehead atoms. The van der Waals surface area contributed by atoms with Gasteiger partial charge in [-0.15, -0.1) is 0 Å². The van der Waals surface area contributed by atoms with Gasteiger partial charge in [-0.1, -0.05) is 19.9 Å². The third-order valence-corrected chi connectivity index (χ3v) is 6.02. The first-order valence-corrected chi connectivity index (χ1v) is 10.1. The zero-order valence-corrected chi connectivity index (χ0v) is 16.8. The molecule has 29 heavy (non-hydrogen) atoms. The highest BCUT2D eigenvalue weighted by atomic mass is 19.1. The molecule has 0 saturated carbocycles. The molecule has 0 aliphatic carbocycles. The molecule has 0 radical (unpaired) electrons. The zero-order valence-electron chi connectivity index (χ0n) is 16.8. The third kappa shape index (κ3) is 4.41. The molecule has 2 aliphatic heterocycles. The number of carbonyl (C=O) groups is 3. The summed E-state index contributed by atoms with van der Waals surface area (Å²) in [6, 6.07) is 3.06. The molecule has 0 aromatic heterocycles. The van der Waals surface area contributed by atoms with Crippen molar-refractivity contribution in [3.8, 4) is 0 Å². The van der Waals surface area contributed by atoms with E-state index < -0.39 is 23.2 Å². The number of nitrogens with zero attached hydrogens (tertiary/aromatic N) is 1. The van der Waals surface area contributed by atoms with E-state index in [0.29, 0.717) is 38.3 Å². The van der Waals surface area contributed by atoms with Crippen LogP contribution in [0.3, 0.4) is 0 Å². The van der Waals surface area contributed by atoms with Crippen LogP contribution in [0.25, 0.3) is 0 Å². The smallest absolute Gasteiger partial charge is 0.322 e. The molecule has 2 saturated heterocycles. The first-order chi connectivity index (χ1) is 13.7. The van der Waals surface area contributed by atoms with E-state index in [1.165, 1.54) is 6.07 Å². The molecule has 1 unspecified atom stereocenters. The fourth-order valence-corrected chi connectivity index (χ4v) is 4.28. The molecule has 2 N–H and O–H groups in total. The maximum absolute atomic E-state index is 13.8. The van der Waals surface area contributed by atoms with Crippen LogP contribution in [0, 0.1) is 23.5 Å². The molecule has 8 heteroatoms. The van der Waals surface area contributed by atoms with Crippen LogP contribution in [-0.4, -0.2) is 41.4 Å².